The molecule has 0 fully saturated rings. The summed E-state index contributed by atoms with van der Waals surface area (Å²) in [5.41, 5.74) is 17.1. The topological polar surface area (TPSA) is 8.17 Å². The molecule has 0 saturated carbocycles. The Morgan fingerprint density at radius 1 is 0.368 bits per heavy atom. The Bertz CT molecular complexity index is 3110. The Hall–Kier alpha value is -7.16. The molecule has 1 heterocycles. The van der Waals surface area contributed by atoms with Crippen molar-refractivity contribution in [1.29, 1.82) is 0 Å². The summed E-state index contributed by atoms with van der Waals surface area (Å²) in [5.74, 6) is 0. The van der Waals surface area contributed by atoms with E-state index < -0.39 is 0 Å². The normalized spacial score (nSPS) is 12.9. The third-order valence-corrected chi connectivity index (χ3v) is 12.2. The second-order valence-corrected chi connectivity index (χ2v) is 15.8. The van der Waals surface area contributed by atoms with Gasteiger partial charge in [-0.3, -0.25) is 0 Å². The van der Waals surface area contributed by atoms with E-state index in [1.165, 1.54) is 77.1 Å². The van der Waals surface area contributed by atoms with Crippen LogP contribution >= 0.6 is 0 Å². The van der Waals surface area contributed by atoms with Gasteiger partial charge in [0.1, 0.15) is 0 Å². The maximum atomic E-state index is 2.41. The molecule has 0 bridgehead atoms. The zero-order valence-corrected chi connectivity index (χ0v) is 32.0. The van der Waals surface area contributed by atoms with E-state index in [2.05, 4.69) is 230 Å². The number of rotatable bonds is 6. The number of aromatic nitrogens is 1. The number of para-hydroxylation sites is 1. The molecule has 1 aromatic heterocycles. The highest BCUT2D eigenvalue weighted by atomic mass is 15.1. The Morgan fingerprint density at radius 3 is 1.60 bits per heavy atom. The zero-order valence-electron chi connectivity index (χ0n) is 32.0. The fourth-order valence-electron chi connectivity index (χ4n) is 9.25. The van der Waals surface area contributed by atoms with Gasteiger partial charge in [0.2, 0.25) is 0 Å². The van der Waals surface area contributed by atoms with E-state index >= 15 is 0 Å². The van der Waals surface area contributed by atoms with Gasteiger partial charge in [-0.15, -0.1) is 0 Å². The summed E-state index contributed by atoms with van der Waals surface area (Å²) in [7, 11) is 0. The minimum Gasteiger partial charge on any atom is -0.310 e. The molecule has 0 amide bonds. The molecular formula is C55H40N2. The first-order valence-corrected chi connectivity index (χ1v) is 19.8. The Morgan fingerprint density at radius 2 is 0.895 bits per heavy atom. The lowest BCUT2D eigenvalue weighted by atomic mass is 9.82. The number of hydrogen-bond acceptors (Lipinski definition) is 1. The van der Waals surface area contributed by atoms with Gasteiger partial charge in [-0.05, 0) is 122 Å². The fourth-order valence-corrected chi connectivity index (χ4v) is 9.25. The van der Waals surface area contributed by atoms with E-state index in [1.807, 2.05) is 0 Å². The molecule has 57 heavy (non-hydrogen) atoms. The van der Waals surface area contributed by atoms with Crippen LogP contribution in [0.1, 0.15) is 25.0 Å². The fraction of sp³-hybridized carbons (Fsp3) is 0.0545. The zero-order chi connectivity index (χ0) is 38.1. The molecule has 10 aromatic rings. The van der Waals surface area contributed by atoms with Crippen molar-refractivity contribution in [3.8, 4) is 39.1 Å². The molecule has 1 aliphatic carbocycles. The summed E-state index contributed by atoms with van der Waals surface area (Å²) in [5, 5.41) is 5.06. The first-order chi connectivity index (χ1) is 28.0. The Labute approximate surface area is 333 Å². The lowest BCUT2D eigenvalue weighted by Gasteiger charge is -2.28. The molecule has 0 spiro atoms. The number of nitrogens with zero attached hydrogens (tertiary/aromatic N) is 2. The van der Waals surface area contributed by atoms with Crippen molar-refractivity contribution in [3.63, 3.8) is 0 Å². The summed E-state index contributed by atoms with van der Waals surface area (Å²) in [4.78, 5) is 2.40. The predicted octanol–water partition coefficient (Wildman–Crippen LogP) is 15.0. The highest BCUT2D eigenvalue weighted by Gasteiger charge is 2.35. The first kappa shape index (κ1) is 33.2. The maximum absolute atomic E-state index is 2.41. The van der Waals surface area contributed by atoms with Crippen LogP contribution in [0.15, 0.2) is 206 Å². The molecule has 2 nitrogen and oxygen atoms in total. The van der Waals surface area contributed by atoms with Crippen LogP contribution in [0.2, 0.25) is 0 Å². The Balaban J connectivity index is 0.969. The van der Waals surface area contributed by atoms with Crippen molar-refractivity contribution in [1.82, 2.24) is 4.57 Å². The largest absolute Gasteiger partial charge is 0.310 e. The van der Waals surface area contributed by atoms with E-state index in [4.69, 9.17) is 0 Å². The van der Waals surface area contributed by atoms with E-state index in [9.17, 15) is 0 Å². The van der Waals surface area contributed by atoms with Gasteiger partial charge in [0, 0.05) is 38.9 Å². The van der Waals surface area contributed by atoms with Crippen molar-refractivity contribution in [3.05, 3.63) is 217 Å². The first-order valence-electron chi connectivity index (χ1n) is 19.8. The quantitative estimate of drug-likeness (QED) is 0.165. The third-order valence-electron chi connectivity index (χ3n) is 12.2. The van der Waals surface area contributed by atoms with Gasteiger partial charge in [0.15, 0.2) is 0 Å². The highest BCUT2D eigenvalue weighted by Crippen LogP contribution is 2.50. The van der Waals surface area contributed by atoms with Crippen molar-refractivity contribution in [2.24, 2.45) is 0 Å². The molecule has 270 valence electrons. The van der Waals surface area contributed by atoms with Gasteiger partial charge < -0.3 is 9.47 Å². The molecule has 0 unspecified atom stereocenters. The summed E-state index contributed by atoms with van der Waals surface area (Å²) in [6.45, 7) is 4.70. The van der Waals surface area contributed by atoms with Crippen LogP contribution in [0, 0.1) is 0 Å². The van der Waals surface area contributed by atoms with Crippen LogP contribution in [-0.4, -0.2) is 4.57 Å². The molecule has 0 radical (unpaired) electrons. The number of fused-ring (bicyclic) bond motifs is 7. The molecule has 0 atom stereocenters. The predicted molar refractivity (Wildman–Crippen MR) is 241 cm³/mol. The average molecular weight is 729 g/mol. The number of anilines is 3. The molecule has 0 aliphatic heterocycles. The van der Waals surface area contributed by atoms with E-state index in [1.54, 1.807) is 0 Å². The summed E-state index contributed by atoms with van der Waals surface area (Å²) in [6, 6.07) is 75.6. The van der Waals surface area contributed by atoms with Gasteiger partial charge in [-0.2, -0.15) is 0 Å². The molecule has 0 saturated heterocycles. The number of benzene rings is 9. The SMILES string of the molecule is CC1(C)c2ccccc2-c2ccc(N(c3ccc(-c4ccccc4)cc3)c3ccc(-c4ccc(-n5c6ccccc6c6cc7ccccc7cc65)cc4)cc3)cc21. The van der Waals surface area contributed by atoms with Crippen LogP contribution in [0.3, 0.4) is 0 Å². The molecule has 0 N–H and O–H groups in total. The summed E-state index contributed by atoms with van der Waals surface area (Å²) in [6.07, 6.45) is 0. The third kappa shape index (κ3) is 5.40. The second kappa shape index (κ2) is 13.0. The summed E-state index contributed by atoms with van der Waals surface area (Å²) >= 11 is 0. The lowest BCUT2D eigenvalue weighted by molar-refractivity contribution is 0.660. The van der Waals surface area contributed by atoms with Gasteiger partial charge in [0.05, 0.1) is 11.0 Å². The van der Waals surface area contributed by atoms with Crippen LogP contribution in [0.5, 0.6) is 0 Å². The second-order valence-electron chi connectivity index (χ2n) is 15.8. The molecule has 1 aliphatic rings. The van der Waals surface area contributed by atoms with Crippen molar-refractivity contribution in [2.45, 2.75) is 19.3 Å². The molecule has 11 rings (SSSR count). The highest BCUT2D eigenvalue weighted by molar-refractivity contribution is 6.13. The minimum absolute atomic E-state index is 0.0895. The van der Waals surface area contributed by atoms with Crippen molar-refractivity contribution in [2.75, 3.05) is 4.90 Å². The van der Waals surface area contributed by atoms with Gasteiger partial charge in [-0.1, -0.05) is 153 Å². The van der Waals surface area contributed by atoms with Gasteiger partial charge in [0.25, 0.3) is 0 Å². The maximum Gasteiger partial charge on any atom is 0.0547 e. The number of hydrogen-bond donors (Lipinski definition) is 0. The minimum atomic E-state index is -0.0895. The summed E-state index contributed by atoms with van der Waals surface area (Å²) < 4.78 is 2.40. The average Bonchev–Trinajstić information content (AvgIpc) is 3.71. The van der Waals surface area contributed by atoms with Gasteiger partial charge >= 0.3 is 0 Å². The van der Waals surface area contributed by atoms with Crippen LogP contribution < -0.4 is 4.90 Å². The standard InChI is InChI=1S/C55H40N2/c1-55(2)51-18-10-8-16-47(51)48-33-32-46(36-52(48)55)56(43-26-20-38(21-27-43)37-12-4-3-5-13-37)44-28-22-39(23-29-44)40-24-30-45(31-25-40)57-53-19-11-9-17-49(53)50-34-41-14-6-7-15-42(41)35-54(50)57/h3-36H,1-2H3. The van der Waals surface area contributed by atoms with Crippen LogP contribution in [0.4, 0.5) is 17.1 Å². The lowest BCUT2D eigenvalue weighted by Crippen LogP contribution is -2.16. The molecule has 9 aromatic carbocycles. The smallest absolute Gasteiger partial charge is 0.0547 e. The van der Waals surface area contributed by atoms with E-state index in [0.29, 0.717) is 0 Å². The molecular weight excluding hydrogens is 689 g/mol. The van der Waals surface area contributed by atoms with Crippen LogP contribution in [-0.2, 0) is 5.41 Å². The van der Waals surface area contributed by atoms with Crippen molar-refractivity contribution < 1.29 is 0 Å². The monoisotopic (exact) mass is 728 g/mol. The van der Waals surface area contributed by atoms with E-state index in [0.717, 1.165) is 22.7 Å². The molecule has 2 heteroatoms. The van der Waals surface area contributed by atoms with Gasteiger partial charge in [-0.25, -0.2) is 0 Å². The Kier molecular flexibility index (Phi) is 7.55. The van der Waals surface area contributed by atoms with E-state index in [-0.39, 0.29) is 5.41 Å². The van der Waals surface area contributed by atoms with Crippen LogP contribution in [0.25, 0.3) is 71.6 Å². The van der Waals surface area contributed by atoms with Crippen molar-refractivity contribution >= 4 is 49.6 Å².